The maximum atomic E-state index is 2.60. The van der Waals surface area contributed by atoms with Crippen molar-refractivity contribution in [3.05, 3.63) is 83.9 Å². The van der Waals surface area contributed by atoms with Gasteiger partial charge in [0.15, 0.2) is 0 Å². The highest BCUT2D eigenvalue weighted by atomic mass is 15.1. The Kier molecular flexibility index (Phi) is 11.3. The van der Waals surface area contributed by atoms with Crippen molar-refractivity contribution in [2.24, 2.45) is 0 Å². The van der Waals surface area contributed by atoms with Gasteiger partial charge in [-0.15, -0.1) is 0 Å². The molecule has 0 saturated heterocycles. The first-order valence-corrected chi connectivity index (χ1v) is 10.8. The van der Waals surface area contributed by atoms with Crippen molar-refractivity contribution in [1.82, 2.24) is 4.90 Å². The van der Waals surface area contributed by atoms with Gasteiger partial charge in [0.2, 0.25) is 0 Å². The average Bonchev–Trinajstić information content (AvgIpc) is 2.71. The molecule has 0 atom stereocenters. The van der Waals surface area contributed by atoms with Crippen molar-refractivity contribution in [1.29, 1.82) is 0 Å². The van der Waals surface area contributed by atoms with Crippen molar-refractivity contribution in [2.45, 2.75) is 71.4 Å². The molecular formula is C26H37N. The fraction of sp³-hybridized carbons (Fsp3) is 0.462. The van der Waals surface area contributed by atoms with Gasteiger partial charge in [-0.05, 0) is 43.4 Å². The highest BCUT2D eigenvalue weighted by Gasteiger charge is 2.07. The maximum absolute atomic E-state index is 2.60. The van der Waals surface area contributed by atoms with E-state index in [4.69, 9.17) is 0 Å². The summed E-state index contributed by atoms with van der Waals surface area (Å²) in [5.74, 6) is 0. The van der Waals surface area contributed by atoms with Crippen LogP contribution in [-0.4, -0.2) is 11.4 Å². The summed E-state index contributed by atoms with van der Waals surface area (Å²) in [6.45, 7) is 5.50. The molecule has 146 valence electrons. The maximum Gasteiger partial charge on any atom is 0.0237 e. The summed E-state index contributed by atoms with van der Waals surface area (Å²) >= 11 is 0. The Labute approximate surface area is 167 Å². The van der Waals surface area contributed by atoms with Gasteiger partial charge in [0.1, 0.15) is 0 Å². The second kappa shape index (κ2) is 14.2. The van der Waals surface area contributed by atoms with Crippen LogP contribution in [0.15, 0.2) is 72.8 Å². The highest BCUT2D eigenvalue weighted by molar-refractivity contribution is 5.17. The van der Waals surface area contributed by atoms with E-state index in [1.54, 1.807) is 0 Å². The first-order chi connectivity index (χ1) is 13.4. The predicted octanol–water partition coefficient (Wildman–Crippen LogP) is 7.39. The smallest absolute Gasteiger partial charge is 0.0237 e. The zero-order valence-electron chi connectivity index (χ0n) is 17.2. The van der Waals surface area contributed by atoms with Crippen LogP contribution in [0, 0.1) is 0 Å². The molecule has 0 spiro atoms. The molecule has 1 nitrogen and oxygen atoms in total. The van der Waals surface area contributed by atoms with E-state index in [1.807, 2.05) is 0 Å². The second-order valence-electron chi connectivity index (χ2n) is 7.50. The van der Waals surface area contributed by atoms with Crippen LogP contribution in [-0.2, 0) is 13.1 Å². The molecule has 0 amide bonds. The lowest BCUT2D eigenvalue weighted by Gasteiger charge is -2.22. The molecule has 2 rings (SSSR count). The summed E-state index contributed by atoms with van der Waals surface area (Å²) in [6.07, 6.45) is 15.2. The van der Waals surface area contributed by atoms with Gasteiger partial charge in [-0.2, -0.15) is 0 Å². The minimum Gasteiger partial charge on any atom is -0.295 e. The molecule has 2 aromatic rings. The van der Waals surface area contributed by atoms with Crippen LogP contribution in [0.3, 0.4) is 0 Å². The molecule has 1 heteroatoms. The lowest BCUT2D eigenvalue weighted by molar-refractivity contribution is 0.250. The highest BCUT2D eigenvalue weighted by Crippen LogP contribution is 2.13. The lowest BCUT2D eigenvalue weighted by atomic mass is 10.1. The third-order valence-corrected chi connectivity index (χ3v) is 4.97. The monoisotopic (exact) mass is 363 g/mol. The molecule has 2 aromatic carbocycles. The topological polar surface area (TPSA) is 3.24 Å². The van der Waals surface area contributed by atoms with Crippen molar-refractivity contribution in [3.63, 3.8) is 0 Å². The summed E-state index contributed by atoms with van der Waals surface area (Å²) in [5, 5.41) is 0. The van der Waals surface area contributed by atoms with Crippen LogP contribution in [0.25, 0.3) is 0 Å². The molecule has 0 bridgehead atoms. The van der Waals surface area contributed by atoms with Gasteiger partial charge < -0.3 is 0 Å². The molecule has 0 aliphatic carbocycles. The van der Waals surface area contributed by atoms with Gasteiger partial charge in [0, 0.05) is 13.1 Å². The van der Waals surface area contributed by atoms with Crippen molar-refractivity contribution in [2.75, 3.05) is 6.54 Å². The Morgan fingerprint density at radius 3 is 1.74 bits per heavy atom. The molecule has 27 heavy (non-hydrogen) atoms. The minimum atomic E-state index is 1.04. The van der Waals surface area contributed by atoms with Crippen LogP contribution in [0.5, 0.6) is 0 Å². The van der Waals surface area contributed by atoms with Crippen LogP contribution >= 0.6 is 0 Å². The summed E-state index contributed by atoms with van der Waals surface area (Å²) in [4.78, 5) is 2.60. The third-order valence-electron chi connectivity index (χ3n) is 4.97. The van der Waals surface area contributed by atoms with Crippen molar-refractivity contribution in [3.8, 4) is 0 Å². The molecule has 0 fully saturated rings. The van der Waals surface area contributed by atoms with Gasteiger partial charge in [-0.25, -0.2) is 0 Å². The van der Waals surface area contributed by atoms with Crippen LogP contribution < -0.4 is 0 Å². The van der Waals surface area contributed by atoms with E-state index in [2.05, 4.69) is 84.6 Å². The summed E-state index contributed by atoms with van der Waals surface area (Å²) in [5.41, 5.74) is 2.82. The van der Waals surface area contributed by atoms with Crippen LogP contribution in [0.1, 0.15) is 69.4 Å². The van der Waals surface area contributed by atoms with E-state index in [1.165, 1.54) is 69.0 Å². The van der Waals surface area contributed by atoms with Crippen molar-refractivity contribution < 1.29 is 0 Å². The summed E-state index contributed by atoms with van der Waals surface area (Å²) < 4.78 is 0. The Bertz CT molecular complexity index is 561. The van der Waals surface area contributed by atoms with E-state index >= 15 is 0 Å². The Morgan fingerprint density at radius 2 is 1.15 bits per heavy atom. The number of unbranched alkanes of at least 4 members (excludes halogenated alkanes) is 6. The SMILES string of the molecule is CCC/C=C/CCCCCCCN(Cc1ccccc1)Cc1ccccc1. The first kappa shape index (κ1) is 21.4. The number of hydrogen-bond donors (Lipinski definition) is 0. The zero-order chi connectivity index (χ0) is 19.0. The fourth-order valence-electron chi connectivity index (χ4n) is 3.43. The van der Waals surface area contributed by atoms with Crippen LogP contribution in [0.2, 0.25) is 0 Å². The summed E-state index contributed by atoms with van der Waals surface area (Å²) in [7, 11) is 0. The van der Waals surface area contributed by atoms with Gasteiger partial charge >= 0.3 is 0 Å². The molecular weight excluding hydrogens is 326 g/mol. The molecule has 0 radical (unpaired) electrons. The standard InChI is InChI=1S/C26H37N/c1-2-3-4-5-6-7-8-9-10-17-22-27(23-25-18-13-11-14-19-25)24-26-20-15-12-16-21-26/h4-5,11-16,18-21H,2-3,6-10,17,22-24H2,1H3/b5-4+. The van der Waals surface area contributed by atoms with Gasteiger partial charge in [-0.1, -0.05) is 105 Å². The Morgan fingerprint density at radius 1 is 0.630 bits per heavy atom. The zero-order valence-corrected chi connectivity index (χ0v) is 17.2. The molecule has 0 unspecified atom stereocenters. The first-order valence-electron chi connectivity index (χ1n) is 10.8. The largest absolute Gasteiger partial charge is 0.295 e. The van der Waals surface area contributed by atoms with Gasteiger partial charge in [0.05, 0.1) is 0 Å². The van der Waals surface area contributed by atoms with E-state index < -0.39 is 0 Å². The lowest BCUT2D eigenvalue weighted by Crippen LogP contribution is -2.24. The van der Waals surface area contributed by atoms with Gasteiger partial charge in [0.25, 0.3) is 0 Å². The number of benzene rings is 2. The number of allylic oxidation sites excluding steroid dienone is 2. The second-order valence-corrected chi connectivity index (χ2v) is 7.50. The minimum absolute atomic E-state index is 1.04. The van der Waals surface area contributed by atoms with Gasteiger partial charge in [-0.3, -0.25) is 4.90 Å². The number of rotatable bonds is 14. The van der Waals surface area contributed by atoms with E-state index in [0.29, 0.717) is 0 Å². The fourth-order valence-corrected chi connectivity index (χ4v) is 3.43. The normalized spacial score (nSPS) is 11.5. The quantitative estimate of drug-likeness (QED) is 0.250. The van der Waals surface area contributed by atoms with E-state index in [9.17, 15) is 0 Å². The van der Waals surface area contributed by atoms with E-state index in [-0.39, 0.29) is 0 Å². The average molecular weight is 364 g/mol. The van der Waals surface area contributed by atoms with Crippen molar-refractivity contribution >= 4 is 0 Å². The Balaban J connectivity index is 1.69. The molecule has 0 aromatic heterocycles. The number of nitrogens with zero attached hydrogens (tertiary/aromatic N) is 1. The summed E-state index contributed by atoms with van der Waals surface area (Å²) in [6, 6.07) is 21.7. The third kappa shape index (κ3) is 10.2. The molecule has 0 aliphatic heterocycles. The molecule has 0 heterocycles. The Hall–Kier alpha value is -1.86. The molecule has 0 aliphatic rings. The predicted molar refractivity (Wildman–Crippen MR) is 119 cm³/mol. The molecule has 0 saturated carbocycles. The molecule has 0 N–H and O–H groups in total. The van der Waals surface area contributed by atoms with Crippen LogP contribution in [0.4, 0.5) is 0 Å². The number of hydrogen-bond acceptors (Lipinski definition) is 1. The van der Waals surface area contributed by atoms with E-state index in [0.717, 1.165) is 13.1 Å².